The van der Waals surface area contributed by atoms with Crippen LogP contribution in [0.25, 0.3) is 0 Å². The average molecular weight is 493 g/mol. The first-order chi connectivity index (χ1) is 17.4. The van der Waals surface area contributed by atoms with E-state index < -0.39 is 23.7 Å². The summed E-state index contributed by atoms with van der Waals surface area (Å²) in [7, 11) is 0. The van der Waals surface area contributed by atoms with Gasteiger partial charge in [0.25, 0.3) is 5.91 Å². The Labute approximate surface area is 207 Å². The quantitative estimate of drug-likeness (QED) is 0.476. The van der Waals surface area contributed by atoms with Gasteiger partial charge in [-0.15, -0.1) is 0 Å². The number of amides is 2. The van der Waals surface area contributed by atoms with Gasteiger partial charge in [0.05, 0.1) is 12.0 Å². The van der Waals surface area contributed by atoms with Crippen molar-refractivity contribution in [3.63, 3.8) is 0 Å². The third-order valence-electron chi connectivity index (χ3n) is 6.49. The number of ether oxygens (including phenoxy) is 2. The normalized spacial score (nSPS) is 15.5. The Morgan fingerprint density at radius 1 is 1.03 bits per heavy atom. The highest BCUT2D eigenvalue weighted by molar-refractivity contribution is 6.13. The number of halogens is 1. The molecule has 1 N–H and O–H groups in total. The molecule has 0 spiro atoms. The van der Waals surface area contributed by atoms with Gasteiger partial charge in [-0.2, -0.15) is 0 Å². The number of benzene rings is 2. The first-order valence-electron chi connectivity index (χ1n) is 11.8. The number of nitrogens with one attached hydrogen (secondary N) is 1. The highest BCUT2D eigenvalue weighted by atomic mass is 19.1. The number of anilines is 1. The van der Waals surface area contributed by atoms with Gasteiger partial charge in [0.1, 0.15) is 11.9 Å². The standard InChI is InChI=1S/C27H25FN2O6/c1-16(31)19-13-23-24(36-15-35-23)14-21(19)30(27(33)22-11-6-12-34-22)25(18-9-4-5-10-20(18)28)26(32)29-17-7-2-3-8-17/h4-6,9-14,17,25H,2-3,7-8,15H2,1H3,(H,29,32)/t25-/m0/s1. The van der Waals surface area contributed by atoms with Crippen LogP contribution in [0.2, 0.25) is 0 Å². The number of hydrogen-bond acceptors (Lipinski definition) is 6. The first-order valence-corrected chi connectivity index (χ1v) is 11.8. The molecular formula is C27H25FN2O6. The zero-order valence-corrected chi connectivity index (χ0v) is 19.7. The van der Waals surface area contributed by atoms with E-state index in [1.54, 1.807) is 6.07 Å². The maximum atomic E-state index is 15.2. The van der Waals surface area contributed by atoms with Crippen molar-refractivity contribution >= 4 is 23.3 Å². The predicted octanol–water partition coefficient (Wildman–Crippen LogP) is 4.80. The van der Waals surface area contributed by atoms with Crippen LogP contribution in [0.1, 0.15) is 65.1 Å². The lowest BCUT2D eigenvalue weighted by Gasteiger charge is -2.33. The molecule has 1 aliphatic carbocycles. The molecule has 2 heterocycles. The molecule has 8 nitrogen and oxygen atoms in total. The van der Waals surface area contributed by atoms with E-state index in [1.165, 1.54) is 55.7 Å². The van der Waals surface area contributed by atoms with E-state index in [0.29, 0.717) is 11.5 Å². The van der Waals surface area contributed by atoms with E-state index in [2.05, 4.69) is 5.32 Å². The summed E-state index contributed by atoms with van der Waals surface area (Å²) < 4.78 is 31.5. The van der Waals surface area contributed by atoms with Gasteiger partial charge >= 0.3 is 0 Å². The fourth-order valence-corrected chi connectivity index (χ4v) is 4.74. The maximum Gasteiger partial charge on any atom is 0.294 e. The van der Waals surface area contributed by atoms with Crippen molar-refractivity contribution in [1.82, 2.24) is 5.32 Å². The van der Waals surface area contributed by atoms with Gasteiger partial charge in [-0.25, -0.2) is 4.39 Å². The Morgan fingerprint density at radius 2 is 1.75 bits per heavy atom. The summed E-state index contributed by atoms with van der Waals surface area (Å²) in [6, 6.07) is 10.2. The fraction of sp³-hybridized carbons (Fsp3) is 0.296. The Kier molecular flexibility index (Phi) is 6.45. The molecule has 0 radical (unpaired) electrons. The smallest absolute Gasteiger partial charge is 0.294 e. The van der Waals surface area contributed by atoms with Gasteiger partial charge in [-0.1, -0.05) is 31.0 Å². The van der Waals surface area contributed by atoms with Crippen molar-refractivity contribution in [3.8, 4) is 11.5 Å². The van der Waals surface area contributed by atoms with Crippen molar-refractivity contribution in [2.45, 2.75) is 44.7 Å². The minimum Gasteiger partial charge on any atom is -0.459 e. The Bertz CT molecular complexity index is 1300. The molecular weight excluding hydrogens is 467 g/mol. The lowest BCUT2D eigenvalue weighted by Crippen LogP contribution is -2.47. The van der Waals surface area contributed by atoms with Crippen molar-refractivity contribution in [1.29, 1.82) is 0 Å². The zero-order chi connectivity index (χ0) is 25.2. The second kappa shape index (κ2) is 9.85. The third-order valence-corrected chi connectivity index (χ3v) is 6.49. The summed E-state index contributed by atoms with van der Waals surface area (Å²) in [5.74, 6) is -1.73. The van der Waals surface area contributed by atoms with Gasteiger partial charge in [-0.3, -0.25) is 19.3 Å². The number of hydrogen-bond donors (Lipinski definition) is 1. The van der Waals surface area contributed by atoms with Crippen LogP contribution < -0.4 is 19.7 Å². The van der Waals surface area contributed by atoms with Crippen molar-refractivity contribution in [3.05, 3.63) is 77.5 Å². The molecule has 1 aromatic heterocycles. The average Bonchev–Trinajstić information content (AvgIpc) is 3.65. The maximum absolute atomic E-state index is 15.2. The molecule has 1 fully saturated rings. The highest BCUT2D eigenvalue weighted by Gasteiger charge is 2.39. The molecule has 186 valence electrons. The lowest BCUT2D eigenvalue weighted by atomic mass is 9.99. The Balaban J connectivity index is 1.71. The van der Waals surface area contributed by atoms with E-state index in [4.69, 9.17) is 13.9 Å². The minimum absolute atomic E-state index is 0.0138. The molecule has 1 aliphatic heterocycles. The van der Waals surface area contributed by atoms with Crippen molar-refractivity contribution < 1.29 is 32.7 Å². The number of carbonyl (C=O) groups is 3. The monoisotopic (exact) mass is 492 g/mol. The third kappa shape index (κ3) is 4.44. The SMILES string of the molecule is CC(=O)c1cc2c(cc1N(C(=O)c1ccco1)[C@H](C(=O)NC1CCCC1)c1ccccc1F)OCO2. The van der Waals surface area contributed by atoms with E-state index in [-0.39, 0.29) is 41.2 Å². The summed E-state index contributed by atoms with van der Waals surface area (Å²) in [6.07, 6.45) is 4.87. The van der Waals surface area contributed by atoms with E-state index in [1.807, 2.05) is 0 Å². The predicted molar refractivity (Wildman–Crippen MR) is 128 cm³/mol. The number of furan rings is 1. The zero-order valence-electron chi connectivity index (χ0n) is 19.7. The van der Waals surface area contributed by atoms with Gasteiger partial charge in [0, 0.05) is 23.2 Å². The Hall–Kier alpha value is -4.14. The van der Waals surface area contributed by atoms with Crippen LogP contribution in [0.15, 0.2) is 59.2 Å². The summed E-state index contributed by atoms with van der Waals surface area (Å²) in [4.78, 5) is 41.5. The summed E-state index contributed by atoms with van der Waals surface area (Å²) in [6.45, 7) is 1.29. The summed E-state index contributed by atoms with van der Waals surface area (Å²) >= 11 is 0. The van der Waals surface area contributed by atoms with E-state index in [0.717, 1.165) is 30.6 Å². The number of Topliss-reactive ketones (excluding diaryl/α,β-unsaturated/α-hetero) is 1. The van der Waals surface area contributed by atoms with E-state index in [9.17, 15) is 14.4 Å². The van der Waals surface area contributed by atoms with Crippen LogP contribution >= 0.6 is 0 Å². The Morgan fingerprint density at radius 3 is 2.42 bits per heavy atom. The molecule has 2 aromatic carbocycles. The molecule has 0 unspecified atom stereocenters. The molecule has 5 rings (SSSR count). The van der Waals surface area contributed by atoms with Gasteiger partial charge in [0.2, 0.25) is 12.7 Å². The number of ketones is 1. The van der Waals surface area contributed by atoms with Gasteiger partial charge < -0.3 is 19.2 Å². The highest BCUT2D eigenvalue weighted by Crippen LogP contribution is 2.42. The second-order valence-corrected chi connectivity index (χ2v) is 8.85. The molecule has 2 amide bonds. The number of fused-ring (bicyclic) bond motifs is 1. The molecule has 0 saturated heterocycles. The van der Waals surface area contributed by atoms with Crippen LogP contribution in [-0.2, 0) is 4.79 Å². The molecule has 9 heteroatoms. The van der Waals surface area contributed by atoms with Crippen LogP contribution in [0.4, 0.5) is 10.1 Å². The topological polar surface area (TPSA) is 98.1 Å². The van der Waals surface area contributed by atoms with Gasteiger partial charge in [0.15, 0.2) is 23.0 Å². The number of rotatable bonds is 7. The first kappa shape index (κ1) is 23.6. The van der Waals surface area contributed by atoms with Crippen molar-refractivity contribution in [2.24, 2.45) is 0 Å². The minimum atomic E-state index is -1.43. The molecule has 36 heavy (non-hydrogen) atoms. The van der Waals surface area contributed by atoms with Gasteiger partial charge in [-0.05, 0) is 44.0 Å². The lowest BCUT2D eigenvalue weighted by molar-refractivity contribution is -0.123. The molecule has 1 atom stereocenters. The largest absolute Gasteiger partial charge is 0.459 e. The molecule has 0 bridgehead atoms. The molecule has 2 aliphatic rings. The van der Waals surface area contributed by atoms with Crippen LogP contribution in [0, 0.1) is 5.82 Å². The van der Waals surface area contributed by atoms with Crippen molar-refractivity contribution in [2.75, 3.05) is 11.7 Å². The van der Waals surface area contributed by atoms with E-state index >= 15 is 4.39 Å². The summed E-state index contributed by atoms with van der Waals surface area (Å²) in [5.41, 5.74) is 0.192. The van der Waals surface area contributed by atoms with Crippen LogP contribution in [-0.4, -0.2) is 30.4 Å². The second-order valence-electron chi connectivity index (χ2n) is 8.85. The number of nitrogens with zero attached hydrogens (tertiary/aromatic N) is 1. The van der Waals surface area contributed by atoms with Crippen LogP contribution in [0.5, 0.6) is 11.5 Å². The number of carbonyl (C=O) groups excluding carboxylic acids is 3. The molecule has 1 saturated carbocycles. The van der Waals surface area contributed by atoms with Crippen LogP contribution in [0.3, 0.4) is 0 Å². The molecule has 3 aromatic rings. The summed E-state index contributed by atoms with van der Waals surface area (Å²) in [5, 5.41) is 2.99. The fourth-order valence-electron chi connectivity index (χ4n) is 4.74.